The molecule has 0 saturated heterocycles. The second-order valence-corrected chi connectivity index (χ2v) is 10.4. The van der Waals surface area contributed by atoms with E-state index in [9.17, 15) is 13.2 Å². The van der Waals surface area contributed by atoms with Crippen LogP contribution in [0.1, 0.15) is 29.7 Å². The third kappa shape index (κ3) is 6.01. The Bertz CT molecular complexity index is 1440. The summed E-state index contributed by atoms with van der Waals surface area (Å²) in [4.78, 5) is 13.7. The van der Waals surface area contributed by atoms with Crippen LogP contribution < -0.4 is 14.4 Å². The number of hydrogen-bond donors (Lipinski definition) is 1. The van der Waals surface area contributed by atoms with Gasteiger partial charge in [-0.25, -0.2) is 8.42 Å². The van der Waals surface area contributed by atoms with Crippen LogP contribution in [0.2, 0.25) is 0 Å². The lowest BCUT2D eigenvalue weighted by Gasteiger charge is -2.28. The molecule has 37 heavy (non-hydrogen) atoms. The number of amides is 1. The molecule has 0 heterocycles. The fraction of sp³-hybridized carbons (Fsp3) is 0.167. The van der Waals surface area contributed by atoms with Gasteiger partial charge in [-0.3, -0.25) is 9.10 Å². The van der Waals surface area contributed by atoms with Crippen LogP contribution in [0.5, 0.6) is 5.75 Å². The number of carbonyl (C=O) groups excluding carboxylic acids is 1. The number of nitrogens with zero attached hydrogens (tertiary/aromatic N) is 1. The molecule has 0 aliphatic heterocycles. The smallest absolute Gasteiger partial charge is 0.264 e. The Balaban J connectivity index is 1.73. The molecule has 0 bridgehead atoms. The fourth-order valence-corrected chi connectivity index (χ4v) is 5.65. The first-order chi connectivity index (χ1) is 17.9. The standard InChI is InChI=1S/C30H30N2O4S/c1-3-36-28-21-13-12-20-27(28)32(37(34,35)25-17-8-5-9-18-25)22-29(33)31-30(24-15-6-4-7-16-24)26-19-11-10-14-23(26)2/h4-21,30H,3,22H2,1-2H3,(H,31,33). The lowest BCUT2D eigenvalue weighted by Crippen LogP contribution is -2.42. The molecule has 190 valence electrons. The van der Waals surface area contributed by atoms with Gasteiger partial charge in [-0.1, -0.05) is 84.9 Å². The van der Waals surface area contributed by atoms with Gasteiger partial charge in [-0.05, 0) is 54.8 Å². The number of anilines is 1. The lowest BCUT2D eigenvalue weighted by atomic mass is 9.95. The van der Waals surface area contributed by atoms with E-state index in [2.05, 4.69) is 5.32 Å². The Morgan fingerprint density at radius 3 is 2.11 bits per heavy atom. The molecule has 6 nitrogen and oxygen atoms in total. The largest absolute Gasteiger partial charge is 0.492 e. The first-order valence-corrected chi connectivity index (χ1v) is 13.5. The van der Waals surface area contributed by atoms with Gasteiger partial charge in [0.25, 0.3) is 10.0 Å². The van der Waals surface area contributed by atoms with Crippen molar-refractivity contribution in [1.29, 1.82) is 0 Å². The summed E-state index contributed by atoms with van der Waals surface area (Å²) >= 11 is 0. The zero-order valence-electron chi connectivity index (χ0n) is 20.9. The number of carbonyl (C=O) groups is 1. The Morgan fingerprint density at radius 2 is 1.43 bits per heavy atom. The Kier molecular flexibility index (Phi) is 8.25. The number of rotatable bonds is 10. The van der Waals surface area contributed by atoms with E-state index in [1.54, 1.807) is 42.5 Å². The van der Waals surface area contributed by atoms with Gasteiger partial charge in [0.2, 0.25) is 5.91 Å². The highest BCUT2D eigenvalue weighted by Crippen LogP contribution is 2.33. The summed E-state index contributed by atoms with van der Waals surface area (Å²) in [5.74, 6) is -0.0567. The summed E-state index contributed by atoms with van der Waals surface area (Å²) in [7, 11) is -4.07. The molecule has 0 aliphatic carbocycles. The van der Waals surface area contributed by atoms with Crippen molar-refractivity contribution in [1.82, 2.24) is 5.32 Å². The van der Waals surface area contributed by atoms with Crippen LogP contribution in [0, 0.1) is 6.92 Å². The SMILES string of the molecule is CCOc1ccccc1N(CC(=O)NC(c1ccccc1)c1ccccc1C)S(=O)(=O)c1ccccc1. The van der Waals surface area contributed by atoms with Crippen molar-refractivity contribution in [2.24, 2.45) is 0 Å². The molecule has 0 radical (unpaired) electrons. The van der Waals surface area contributed by atoms with Crippen molar-refractivity contribution in [3.05, 3.63) is 126 Å². The van der Waals surface area contributed by atoms with Crippen molar-refractivity contribution < 1.29 is 17.9 Å². The van der Waals surface area contributed by atoms with Crippen LogP contribution in [-0.2, 0) is 14.8 Å². The Morgan fingerprint density at radius 1 is 0.838 bits per heavy atom. The summed E-state index contributed by atoms with van der Waals surface area (Å²) < 4.78 is 34.4. The van der Waals surface area contributed by atoms with Gasteiger partial charge >= 0.3 is 0 Å². The maximum Gasteiger partial charge on any atom is 0.264 e. The van der Waals surface area contributed by atoms with Crippen molar-refractivity contribution in [3.63, 3.8) is 0 Å². The van der Waals surface area contributed by atoms with E-state index in [0.717, 1.165) is 21.0 Å². The molecule has 4 aromatic rings. The van der Waals surface area contributed by atoms with Gasteiger partial charge in [-0.15, -0.1) is 0 Å². The van der Waals surface area contributed by atoms with Gasteiger partial charge < -0.3 is 10.1 Å². The predicted octanol–water partition coefficient (Wildman–Crippen LogP) is 5.49. The third-order valence-electron chi connectivity index (χ3n) is 5.99. The minimum absolute atomic E-state index is 0.0904. The van der Waals surface area contributed by atoms with E-state index in [1.165, 1.54) is 12.1 Å². The highest BCUT2D eigenvalue weighted by Gasteiger charge is 2.30. The van der Waals surface area contributed by atoms with Crippen molar-refractivity contribution >= 4 is 21.6 Å². The normalized spacial score (nSPS) is 11.9. The van der Waals surface area contributed by atoms with Crippen LogP contribution >= 0.6 is 0 Å². The van der Waals surface area contributed by atoms with Gasteiger partial charge in [0.1, 0.15) is 12.3 Å². The minimum atomic E-state index is -4.07. The van der Waals surface area contributed by atoms with Gasteiger partial charge in [0.15, 0.2) is 0 Å². The van der Waals surface area contributed by atoms with E-state index in [1.807, 2.05) is 68.4 Å². The number of para-hydroxylation sites is 2. The molecule has 0 saturated carbocycles. The molecular weight excluding hydrogens is 484 g/mol. The molecular formula is C30H30N2O4S. The molecule has 0 aliphatic rings. The third-order valence-corrected chi connectivity index (χ3v) is 7.76. The fourth-order valence-electron chi connectivity index (χ4n) is 4.19. The first-order valence-electron chi connectivity index (χ1n) is 12.1. The van der Waals surface area contributed by atoms with E-state index < -0.39 is 28.5 Å². The van der Waals surface area contributed by atoms with Crippen molar-refractivity contribution in [3.8, 4) is 5.75 Å². The van der Waals surface area contributed by atoms with E-state index in [0.29, 0.717) is 18.0 Å². The molecule has 7 heteroatoms. The zero-order valence-corrected chi connectivity index (χ0v) is 21.7. The number of hydrogen-bond acceptors (Lipinski definition) is 4. The number of sulfonamides is 1. The molecule has 1 unspecified atom stereocenters. The second-order valence-electron chi connectivity index (χ2n) is 8.49. The monoisotopic (exact) mass is 514 g/mol. The van der Waals surface area contributed by atoms with Crippen LogP contribution in [0.3, 0.4) is 0 Å². The van der Waals surface area contributed by atoms with Gasteiger partial charge in [-0.2, -0.15) is 0 Å². The molecule has 0 fully saturated rings. The number of ether oxygens (including phenoxy) is 1. The number of benzene rings is 4. The summed E-state index contributed by atoms with van der Waals surface area (Å²) in [5.41, 5.74) is 3.16. The molecule has 0 aromatic heterocycles. The Labute approximate surface area is 218 Å². The molecule has 1 atom stereocenters. The lowest BCUT2D eigenvalue weighted by molar-refractivity contribution is -0.120. The molecule has 0 spiro atoms. The van der Waals surface area contributed by atoms with Crippen LogP contribution in [0.25, 0.3) is 0 Å². The van der Waals surface area contributed by atoms with Crippen molar-refractivity contribution in [2.45, 2.75) is 24.8 Å². The summed E-state index contributed by atoms with van der Waals surface area (Å²) in [6.07, 6.45) is 0. The molecule has 1 amide bonds. The maximum atomic E-state index is 13.8. The highest BCUT2D eigenvalue weighted by molar-refractivity contribution is 7.92. The van der Waals surface area contributed by atoms with E-state index >= 15 is 0 Å². The maximum absolute atomic E-state index is 13.8. The number of nitrogens with one attached hydrogen (secondary N) is 1. The summed E-state index contributed by atoms with van der Waals surface area (Å²) in [5, 5.41) is 3.08. The highest BCUT2D eigenvalue weighted by atomic mass is 32.2. The average molecular weight is 515 g/mol. The topological polar surface area (TPSA) is 75.7 Å². The summed E-state index contributed by atoms with van der Waals surface area (Å²) in [6.45, 7) is 3.75. The quantitative estimate of drug-likeness (QED) is 0.303. The predicted molar refractivity (Wildman–Crippen MR) is 146 cm³/mol. The molecule has 1 N–H and O–H groups in total. The van der Waals surface area contributed by atoms with Gasteiger partial charge in [0.05, 0.1) is 23.2 Å². The molecule has 4 rings (SSSR count). The average Bonchev–Trinajstić information content (AvgIpc) is 2.92. The van der Waals surface area contributed by atoms with E-state index in [4.69, 9.17) is 4.74 Å². The van der Waals surface area contributed by atoms with Gasteiger partial charge in [0, 0.05) is 0 Å². The molecule has 4 aromatic carbocycles. The van der Waals surface area contributed by atoms with Crippen LogP contribution in [0.15, 0.2) is 114 Å². The summed E-state index contributed by atoms with van der Waals surface area (Å²) in [6, 6.07) is 31.9. The number of aryl methyl sites for hydroxylation is 1. The van der Waals surface area contributed by atoms with Crippen LogP contribution in [-0.4, -0.2) is 27.5 Å². The van der Waals surface area contributed by atoms with E-state index in [-0.39, 0.29) is 4.90 Å². The van der Waals surface area contributed by atoms with Crippen LogP contribution in [0.4, 0.5) is 5.69 Å². The first kappa shape index (κ1) is 26.0. The van der Waals surface area contributed by atoms with Crippen molar-refractivity contribution in [2.75, 3.05) is 17.5 Å². The second kappa shape index (κ2) is 11.8. The zero-order chi connectivity index (χ0) is 26.3. The Hall–Kier alpha value is -4.10. The minimum Gasteiger partial charge on any atom is -0.492 e.